The van der Waals surface area contributed by atoms with Crippen LogP contribution < -0.4 is 4.90 Å². The fourth-order valence-corrected chi connectivity index (χ4v) is 11.0. The fourth-order valence-electron chi connectivity index (χ4n) is 8.58. The highest BCUT2D eigenvalue weighted by molar-refractivity contribution is 7.27. The first-order chi connectivity index (χ1) is 27.8. The van der Waals surface area contributed by atoms with Crippen LogP contribution in [0.1, 0.15) is 0 Å². The minimum atomic E-state index is 0.664. The molecule has 0 unspecified atom stereocenters. The van der Waals surface area contributed by atoms with Crippen molar-refractivity contribution in [2.45, 2.75) is 0 Å². The van der Waals surface area contributed by atoms with Gasteiger partial charge in [-0.15, -0.1) is 22.7 Å². The molecule has 12 aromatic rings. The summed E-state index contributed by atoms with van der Waals surface area (Å²) in [5.41, 5.74) is 8.43. The van der Waals surface area contributed by atoms with E-state index in [1.54, 1.807) is 11.3 Å². The van der Waals surface area contributed by atoms with E-state index in [4.69, 9.17) is 9.97 Å². The van der Waals surface area contributed by atoms with Crippen LogP contribution in [0.4, 0.5) is 17.1 Å². The molecule has 0 spiro atoms. The lowest BCUT2D eigenvalue weighted by molar-refractivity contribution is 1.02. The first-order valence-corrected chi connectivity index (χ1v) is 20.4. The van der Waals surface area contributed by atoms with Gasteiger partial charge in [-0.2, -0.15) is 0 Å². The van der Waals surface area contributed by atoms with Crippen molar-refractivity contribution in [1.82, 2.24) is 14.5 Å². The van der Waals surface area contributed by atoms with Gasteiger partial charge in [0.1, 0.15) is 0 Å². The van der Waals surface area contributed by atoms with Crippen LogP contribution >= 0.6 is 22.7 Å². The van der Waals surface area contributed by atoms with E-state index in [-0.39, 0.29) is 0 Å². The maximum Gasteiger partial charge on any atom is 0.235 e. The summed E-state index contributed by atoms with van der Waals surface area (Å²) in [6.07, 6.45) is 0. The molecule has 0 saturated heterocycles. The Morgan fingerprint density at radius 1 is 0.429 bits per heavy atom. The number of nitrogens with zero attached hydrogens (tertiary/aromatic N) is 4. The summed E-state index contributed by atoms with van der Waals surface area (Å²) < 4.78 is 7.17. The summed E-state index contributed by atoms with van der Waals surface area (Å²) in [5.74, 6) is 0.664. The molecule has 262 valence electrons. The van der Waals surface area contributed by atoms with E-state index < -0.39 is 0 Å². The minimum absolute atomic E-state index is 0.664. The van der Waals surface area contributed by atoms with Crippen molar-refractivity contribution in [2.75, 3.05) is 4.90 Å². The molecule has 0 radical (unpaired) electrons. The quantitative estimate of drug-likeness (QED) is 0.176. The minimum Gasteiger partial charge on any atom is -0.310 e. The Morgan fingerprint density at radius 2 is 0.982 bits per heavy atom. The number of hydrogen-bond acceptors (Lipinski definition) is 5. The molecule has 0 amide bonds. The van der Waals surface area contributed by atoms with E-state index in [9.17, 15) is 0 Å². The lowest BCUT2D eigenvalue weighted by atomic mass is 9.99. The van der Waals surface area contributed by atoms with Gasteiger partial charge in [-0.1, -0.05) is 133 Å². The second kappa shape index (κ2) is 12.3. The first-order valence-electron chi connectivity index (χ1n) is 18.8. The van der Waals surface area contributed by atoms with Crippen LogP contribution in [0.2, 0.25) is 0 Å². The molecule has 4 nitrogen and oxygen atoms in total. The molecule has 12 rings (SSSR count). The summed E-state index contributed by atoms with van der Waals surface area (Å²) >= 11 is 3.62. The Morgan fingerprint density at radius 3 is 1.68 bits per heavy atom. The van der Waals surface area contributed by atoms with E-state index in [2.05, 4.69) is 191 Å². The zero-order valence-electron chi connectivity index (χ0n) is 29.9. The Kier molecular flexibility index (Phi) is 6.93. The van der Waals surface area contributed by atoms with Gasteiger partial charge < -0.3 is 4.90 Å². The van der Waals surface area contributed by atoms with Gasteiger partial charge in [0.25, 0.3) is 0 Å². The lowest BCUT2D eigenvalue weighted by Gasteiger charge is -2.25. The zero-order chi connectivity index (χ0) is 36.7. The van der Waals surface area contributed by atoms with E-state index in [0.29, 0.717) is 5.95 Å². The van der Waals surface area contributed by atoms with E-state index >= 15 is 0 Å². The molecule has 56 heavy (non-hydrogen) atoms. The SMILES string of the molecule is c1ccc(-c2nc(-n3c4cc(N(c5ccccc5)c5ccccc5)ccc4c4c5ccccc5c5c6ccccc6sc5c43)nc3c2sc2ccccc23)cc1. The van der Waals surface area contributed by atoms with Crippen molar-refractivity contribution in [1.29, 1.82) is 0 Å². The molecule has 0 aliphatic heterocycles. The van der Waals surface area contributed by atoms with Gasteiger partial charge in [-0.05, 0) is 59.3 Å². The maximum atomic E-state index is 5.59. The number of rotatable bonds is 5. The third-order valence-corrected chi connectivity index (χ3v) is 13.3. The van der Waals surface area contributed by atoms with Gasteiger partial charge in [0.15, 0.2) is 0 Å². The zero-order valence-corrected chi connectivity index (χ0v) is 31.6. The van der Waals surface area contributed by atoms with Crippen LogP contribution in [-0.4, -0.2) is 14.5 Å². The summed E-state index contributed by atoms with van der Waals surface area (Å²) in [5, 5.41) is 8.56. The second-order valence-electron chi connectivity index (χ2n) is 14.1. The molecule has 0 atom stereocenters. The van der Waals surface area contributed by atoms with Gasteiger partial charge in [-0.3, -0.25) is 4.57 Å². The van der Waals surface area contributed by atoms with Crippen molar-refractivity contribution in [2.24, 2.45) is 0 Å². The van der Waals surface area contributed by atoms with Crippen molar-refractivity contribution >= 4 is 113 Å². The van der Waals surface area contributed by atoms with Crippen LogP contribution in [-0.2, 0) is 0 Å². The molecule has 0 saturated carbocycles. The Labute approximate surface area is 329 Å². The summed E-state index contributed by atoms with van der Waals surface area (Å²) in [6.45, 7) is 0. The fraction of sp³-hybridized carbons (Fsp3) is 0. The number of para-hydroxylation sites is 2. The number of anilines is 3. The van der Waals surface area contributed by atoms with Gasteiger partial charge >= 0.3 is 0 Å². The highest BCUT2D eigenvalue weighted by Gasteiger charge is 2.26. The molecule has 6 heteroatoms. The van der Waals surface area contributed by atoms with Gasteiger partial charge in [0.2, 0.25) is 5.95 Å². The van der Waals surface area contributed by atoms with Gasteiger partial charge in [0.05, 0.1) is 31.6 Å². The highest BCUT2D eigenvalue weighted by Crippen LogP contribution is 2.49. The van der Waals surface area contributed by atoms with Crippen LogP contribution in [0.25, 0.3) is 90.3 Å². The largest absolute Gasteiger partial charge is 0.310 e. The van der Waals surface area contributed by atoms with Crippen LogP contribution in [0.15, 0.2) is 182 Å². The lowest BCUT2D eigenvalue weighted by Crippen LogP contribution is -2.10. The van der Waals surface area contributed by atoms with Gasteiger partial charge in [-0.25, -0.2) is 9.97 Å². The number of fused-ring (bicyclic) bond motifs is 13. The van der Waals surface area contributed by atoms with Crippen LogP contribution in [0, 0.1) is 0 Å². The normalized spacial score (nSPS) is 11.9. The third kappa shape index (κ3) is 4.64. The van der Waals surface area contributed by atoms with Crippen LogP contribution in [0.5, 0.6) is 0 Å². The number of thiophene rings is 2. The predicted molar refractivity (Wildman–Crippen MR) is 240 cm³/mol. The van der Waals surface area contributed by atoms with Crippen molar-refractivity contribution in [3.05, 3.63) is 182 Å². The topological polar surface area (TPSA) is 34.0 Å². The number of aromatic nitrogens is 3. The highest BCUT2D eigenvalue weighted by atomic mass is 32.1. The van der Waals surface area contributed by atoms with Gasteiger partial charge in [0, 0.05) is 59.0 Å². The monoisotopic (exact) mass is 750 g/mol. The molecule has 0 N–H and O–H groups in total. The van der Waals surface area contributed by atoms with Crippen molar-refractivity contribution in [3.63, 3.8) is 0 Å². The summed E-state index contributed by atoms with van der Waals surface area (Å²) in [4.78, 5) is 13.5. The van der Waals surface area contributed by atoms with E-state index in [1.165, 1.54) is 46.4 Å². The van der Waals surface area contributed by atoms with E-state index in [0.717, 1.165) is 55.0 Å². The first kappa shape index (κ1) is 31.5. The average molecular weight is 751 g/mol. The van der Waals surface area contributed by atoms with Crippen LogP contribution in [0.3, 0.4) is 0 Å². The molecular formula is C50H30N4S2. The smallest absolute Gasteiger partial charge is 0.235 e. The average Bonchev–Trinajstić information content (AvgIpc) is 3.95. The molecule has 0 aliphatic carbocycles. The Hall–Kier alpha value is -6.86. The predicted octanol–water partition coefficient (Wildman–Crippen LogP) is 14.6. The molecule has 4 heterocycles. The standard InChI is InChI=1S/C50H30N4S2/c1-4-16-31(17-5-1)45-49-46(39-25-13-15-27-42(39)56-49)52-50(51-45)54-40-30-34(53(32-18-6-2-7-19-32)33-20-8-3-9-21-33)28-29-37(40)43-35-22-10-11-23-36(35)44-38-24-12-14-26-41(38)55-48(44)47(43)54/h1-30H. The van der Waals surface area contributed by atoms with E-state index in [1.807, 2.05) is 11.3 Å². The molecule has 0 aliphatic rings. The molecule has 4 aromatic heterocycles. The Bertz CT molecular complexity index is 3440. The summed E-state index contributed by atoms with van der Waals surface area (Å²) in [7, 11) is 0. The van der Waals surface area contributed by atoms with Crippen molar-refractivity contribution < 1.29 is 0 Å². The van der Waals surface area contributed by atoms with Crippen molar-refractivity contribution in [3.8, 4) is 17.2 Å². The Balaban J connectivity index is 1.28. The molecule has 0 fully saturated rings. The maximum absolute atomic E-state index is 5.59. The second-order valence-corrected chi connectivity index (χ2v) is 16.2. The molecule has 0 bridgehead atoms. The third-order valence-electron chi connectivity index (χ3n) is 11.0. The molecule has 8 aromatic carbocycles. The number of hydrogen-bond donors (Lipinski definition) is 0. The summed E-state index contributed by atoms with van der Waals surface area (Å²) in [6, 6.07) is 65.1. The molecular weight excluding hydrogens is 721 g/mol. The number of benzene rings is 8.